The van der Waals surface area contributed by atoms with Crippen LogP contribution < -0.4 is 0 Å². The second-order valence-electron chi connectivity index (χ2n) is 3.12. The molecule has 1 heterocycles. The Balaban J connectivity index is 2.42. The van der Waals surface area contributed by atoms with Crippen LogP contribution in [0, 0.1) is 0 Å². The van der Waals surface area contributed by atoms with Gasteiger partial charge in [-0.2, -0.15) is 9.78 Å². The Bertz CT molecular complexity index is 290. The van der Waals surface area contributed by atoms with E-state index in [4.69, 9.17) is 9.78 Å². The van der Waals surface area contributed by atoms with E-state index in [-0.39, 0.29) is 0 Å². The molecule has 0 aliphatic carbocycles. The maximum atomic E-state index is 4.92. The van der Waals surface area contributed by atoms with E-state index >= 15 is 0 Å². The van der Waals surface area contributed by atoms with Crippen LogP contribution in [0.25, 0.3) is 0 Å². The highest BCUT2D eigenvalue weighted by Crippen LogP contribution is 2.41. The fourth-order valence-corrected chi connectivity index (χ4v) is 1.42. The number of hydrogen-bond donors (Lipinski definition) is 0. The van der Waals surface area contributed by atoms with Gasteiger partial charge in [0.1, 0.15) is 0 Å². The van der Waals surface area contributed by atoms with Crippen molar-refractivity contribution in [2.45, 2.75) is 26.1 Å². The Labute approximate surface area is 72.0 Å². The van der Waals surface area contributed by atoms with Gasteiger partial charge in [-0.25, -0.2) is 0 Å². The van der Waals surface area contributed by atoms with E-state index in [1.807, 2.05) is 25.1 Å². The summed E-state index contributed by atoms with van der Waals surface area (Å²) in [4.78, 5) is 9.85. The molecule has 2 heteroatoms. The topological polar surface area (TPSA) is 25.1 Å². The van der Waals surface area contributed by atoms with Crippen LogP contribution in [-0.2, 0) is 22.0 Å². The molecule has 1 aliphatic heterocycles. The highest BCUT2D eigenvalue weighted by molar-refractivity contribution is 5.31. The van der Waals surface area contributed by atoms with Gasteiger partial charge >= 0.3 is 0 Å². The summed E-state index contributed by atoms with van der Waals surface area (Å²) in [6.07, 6.45) is 1.01. The molecular weight excluding hydrogens is 152 g/mol. The first-order chi connectivity index (χ1) is 5.76. The Morgan fingerprint density at radius 3 is 2.50 bits per heavy atom. The van der Waals surface area contributed by atoms with E-state index in [1.54, 1.807) is 0 Å². The highest BCUT2D eigenvalue weighted by Gasteiger charge is 2.46. The molecule has 0 spiro atoms. The third-order valence-corrected chi connectivity index (χ3v) is 2.22. The lowest BCUT2D eigenvalue weighted by Crippen LogP contribution is -2.05. The molecule has 0 bridgehead atoms. The van der Waals surface area contributed by atoms with Gasteiger partial charge in [-0.15, -0.1) is 0 Å². The third-order valence-electron chi connectivity index (χ3n) is 2.22. The molecular formula is C10H12O2. The van der Waals surface area contributed by atoms with Gasteiger partial charge in [0.2, 0.25) is 0 Å². The summed E-state index contributed by atoms with van der Waals surface area (Å²) in [6.45, 7) is 4.06. The predicted molar refractivity (Wildman–Crippen MR) is 45.3 cm³/mol. The molecule has 2 nitrogen and oxygen atoms in total. The fraction of sp³-hybridized carbons (Fsp3) is 0.400. The summed E-state index contributed by atoms with van der Waals surface area (Å²) in [5.41, 5.74) is 2.44. The van der Waals surface area contributed by atoms with Crippen LogP contribution >= 0.6 is 0 Å². The van der Waals surface area contributed by atoms with Crippen LogP contribution in [0.4, 0.5) is 0 Å². The Morgan fingerprint density at radius 2 is 1.92 bits per heavy atom. The van der Waals surface area contributed by atoms with Gasteiger partial charge in [-0.3, -0.25) is 0 Å². The van der Waals surface area contributed by atoms with Crippen molar-refractivity contribution in [3.8, 4) is 0 Å². The van der Waals surface area contributed by atoms with Crippen molar-refractivity contribution in [2.24, 2.45) is 0 Å². The van der Waals surface area contributed by atoms with E-state index in [1.165, 1.54) is 5.56 Å². The lowest BCUT2D eigenvalue weighted by atomic mass is 10.00. The maximum absolute atomic E-state index is 4.92. The second kappa shape index (κ2) is 2.57. The average Bonchev–Trinajstić information content (AvgIpc) is 2.85. The summed E-state index contributed by atoms with van der Waals surface area (Å²) in [6, 6.07) is 8.19. The van der Waals surface area contributed by atoms with Gasteiger partial charge in [0.05, 0.1) is 0 Å². The summed E-state index contributed by atoms with van der Waals surface area (Å²) in [5, 5.41) is 0. The van der Waals surface area contributed by atoms with E-state index in [0.717, 1.165) is 12.0 Å². The molecule has 1 fully saturated rings. The standard InChI is InChI=1S/C10H12O2/c1-3-8-6-4-5-7-9(8)10(2)11-12-10/h4-7H,3H2,1-2H3. The molecule has 12 heavy (non-hydrogen) atoms. The van der Waals surface area contributed by atoms with Crippen LogP contribution in [0.1, 0.15) is 25.0 Å². The number of benzene rings is 1. The van der Waals surface area contributed by atoms with Crippen LogP contribution in [0.2, 0.25) is 0 Å². The summed E-state index contributed by atoms with van der Waals surface area (Å²) >= 11 is 0. The van der Waals surface area contributed by atoms with Crippen molar-refractivity contribution >= 4 is 0 Å². The van der Waals surface area contributed by atoms with Gasteiger partial charge in [0.15, 0.2) is 0 Å². The minimum atomic E-state index is -0.466. The summed E-state index contributed by atoms with van der Waals surface area (Å²) < 4.78 is 0. The van der Waals surface area contributed by atoms with Crippen molar-refractivity contribution < 1.29 is 9.78 Å². The van der Waals surface area contributed by atoms with Crippen LogP contribution in [0.15, 0.2) is 24.3 Å². The molecule has 64 valence electrons. The molecule has 1 aromatic rings. The zero-order valence-corrected chi connectivity index (χ0v) is 7.33. The van der Waals surface area contributed by atoms with E-state index < -0.39 is 5.79 Å². The zero-order chi connectivity index (χ0) is 8.60. The third kappa shape index (κ3) is 1.13. The first-order valence-electron chi connectivity index (χ1n) is 4.21. The number of aryl methyl sites for hydroxylation is 1. The van der Waals surface area contributed by atoms with Crippen molar-refractivity contribution in [3.63, 3.8) is 0 Å². The molecule has 0 aromatic heterocycles. The first-order valence-corrected chi connectivity index (χ1v) is 4.21. The Hall–Kier alpha value is -0.860. The minimum absolute atomic E-state index is 0.466. The highest BCUT2D eigenvalue weighted by atomic mass is 17.4. The first kappa shape index (κ1) is 7.77. The van der Waals surface area contributed by atoms with Crippen molar-refractivity contribution in [1.82, 2.24) is 0 Å². The number of rotatable bonds is 2. The fourth-order valence-electron chi connectivity index (χ4n) is 1.42. The SMILES string of the molecule is CCc1ccccc1C1(C)OO1. The second-order valence-corrected chi connectivity index (χ2v) is 3.12. The molecule has 0 amide bonds. The van der Waals surface area contributed by atoms with Crippen LogP contribution in [-0.4, -0.2) is 0 Å². The predicted octanol–water partition coefficient (Wildman–Crippen LogP) is 2.38. The molecule has 0 radical (unpaired) electrons. The van der Waals surface area contributed by atoms with Crippen LogP contribution in [0.3, 0.4) is 0 Å². The smallest absolute Gasteiger partial charge is 0.190 e. The molecule has 1 aliphatic rings. The average molecular weight is 164 g/mol. The minimum Gasteiger partial charge on any atom is -0.190 e. The lowest BCUT2D eigenvalue weighted by molar-refractivity contribution is 0.0850. The Kier molecular flexibility index (Phi) is 1.67. The van der Waals surface area contributed by atoms with E-state index in [9.17, 15) is 0 Å². The van der Waals surface area contributed by atoms with Crippen molar-refractivity contribution in [2.75, 3.05) is 0 Å². The molecule has 1 saturated heterocycles. The van der Waals surface area contributed by atoms with E-state index in [0.29, 0.717) is 0 Å². The molecule has 1 aromatic carbocycles. The molecule has 0 saturated carbocycles. The molecule has 0 atom stereocenters. The maximum Gasteiger partial charge on any atom is 0.256 e. The quantitative estimate of drug-likeness (QED) is 0.495. The largest absolute Gasteiger partial charge is 0.256 e. The summed E-state index contributed by atoms with van der Waals surface area (Å²) in [7, 11) is 0. The summed E-state index contributed by atoms with van der Waals surface area (Å²) in [5.74, 6) is -0.466. The zero-order valence-electron chi connectivity index (χ0n) is 7.33. The monoisotopic (exact) mass is 164 g/mol. The molecule has 2 rings (SSSR count). The van der Waals surface area contributed by atoms with Crippen molar-refractivity contribution in [3.05, 3.63) is 35.4 Å². The van der Waals surface area contributed by atoms with Crippen molar-refractivity contribution in [1.29, 1.82) is 0 Å². The van der Waals surface area contributed by atoms with Gasteiger partial charge in [0, 0.05) is 5.56 Å². The van der Waals surface area contributed by atoms with E-state index in [2.05, 4.69) is 13.0 Å². The van der Waals surface area contributed by atoms with Gasteiger partial charge in [-0.05, 0) is 18.9 Å². The van der Waals surface area contributed by atoms with Gasteiger partial charge in [0.25, 0.3) is 5.79 Å². The Morgan fingerprint density at radius 1 is 1.25 bits per heavy atom. The molecule has 0 unspecified atom stereocenters. The normalized spacial score (nSPS) is 19.2. The number of hydrogen-bond acceptors (Lipinski definition) is 2. The lowest BCUT2D eigenvalue weighted by Gasteiger charge is -2.06. The van der Waals surface area contributed by atoms with Crippen LogP contribution in [0.5, 0.6) is 0 Å². The van der Waals surface area contributed by atoms with Gasteiger partial charge in [-0.1, -0.05) is 31.2 Å². The van der Waals surface area contributed by atoms with Gasteiger partial charge < -0.3 is 0 Å². The molecule has 0 N–H and O–H groups in total.